The number of nitrogens with one attached hydrogen (secondary N) is 1. The van der Waals surface area contributed by atoms with Crippen LogP contribution in [0.3, 0.4) is 0 Å². The van der Waals surface area contributed by atoms with E-state index in [2.05, 4.69) is 27.9 Å². The molecular formula is C8H16INO2. The SMILES string of the molecule is COCCNC(=O)C(C)(C)CI. The molecule has 0 heterocycles. The zero-order chi connectivity index (χ0) is 9.61. The summed E-state index contributed by atoms with van der Waals surface area (Å²) in [5.41, 5.74) is -0.270. The first-order chi connectivity index (χ1) is 5.54. The minimum atomic E-state index is -0.270. The molecule has 0 spiro atoms. The maximum absolute atomic E-state index is 11.4. The maximum atomic E-state index is 11.4. The van der Waals surface area contributed by atoms with E-state index in [0.29, 0.717) is 13.2 Å². The summed E-state index contributed by atoms with van der Waals surface area (Å²) in [6.07, 6.45) is 0. The topological polar surface area (TPSA) is 38.3 Å². The number of alkyl halides is 1. The van der Waals surface area contributed by atoms with Gasteiger partial charge in [0.15, 0.2) is 0 Å². The second-order valence-corrected chi connectivity index (χ2v) is 4.03. The standard InChI is InChI=1S/C8H16INO2/c1-8(2,6-9)7(11)10-4-5-12-3/h4-6H2,1-3H3,(H,10,11). The van der Waals surface area contributed by atoms with Gasteiger partial charge in [-0.2, -0.15) is 0 Å². The Balaban J connectivity index is 3.72. The fraction of sp³-hybridized carbons (Fsp3) is 0.875. The van der Waals surface area contributed by atoms with Gasteiger partial charge in [-0.05, 0) is 0 Å². The molecular weight excluding hydrogens is 269 g/mol. The van der Waals surface area contributed by atoms with Gasteiger partial charge < -0.3 is 10.1 Å². The molecule has 4 heteroatoms. The maximum Gasteiger partial charge on any atom is 0.226 e. The van der Waals surface area contributed by atoms with Crippen LogP contribution in [0.1, 0.15) is 13.8 Å². The number of hydrogen-bond acceptors (Lipinski definition) is 2. The van der Waals surface area contributed by atoms with Crippen molar-refractivity contribution in [3.8, 4) is 0 Å². The van der Waals surface area contributed by atoms with Gasteiger partial charge in [-0.3, -0.25) is 4.79 Å². The molecule has 0 radical (unpaired) electrons. The zero-order valence-electron chi connectivity index (χ0n) is 7.82. The van der Waals surface area contributed by atoms with Gasteiger partial charge >= 0.3 is 0 Å². The van der Waals surface area contributed by atoms with Crippen LogP contribution in [0.4, 0.5) is 0 Å². The van der Waals surface area contributed by atoms with E-state index in [1.165, 1.54) is 0 Å². The number of carbonyl (C=O) groups excluding carboxylic acids is 1. The van der Waals surface area contributed by atoms with Crippen molar-refractivity contribution in [3.05, 3.63) is 0 Å². The molecule has 0 aliphatic carbocycles. The number of hydrogen-bond donors (Lipinski definition) is 1. The fourth-order valence-electron chi connectivity index (χ4n) is 0.567. The highest BCUT2D eigenvalue weighted by atomic mass is 127. The number of methoxy groups -OCH3 is 1. The molecule has 0 aliphatic heterocycles. The van der Waals surface area contributed by atoms with Crippen molar-refractivity contribution in [1.29, 1.82) is 0 Å². The van der Waals surface area contributed by atoms with Crippen molar-refractivity contribution in [2.45, 2.75) is 13.8 Å². The van der Waals surface area contributed by atoms with E-state index in [0.717, 1.165) is 4.43 Å². The minimum Gasteiger partial charge on any atom is -0.383 e. The lowest BCUT2D eigenvalue weighted by Crippen LogP contribution is -2.39. The summed E-state index contributed by atoms with van der Waals surface area (Å²) in [6.45, 7) is 5.03. The quantitative estimate of drug-likeness (QED) is 0.468. The van der Waals surface area contributed by atoms with E-state index >= 15 is 0 Å². The Bertz CT molecular complexity index is 148. The second-order valence-electron chi connectivity index (χ2n) is 3.27. The van der Waals surface area contributed by atoms with Gasteiger partial charge in [0.2, 0.25) is 5.91 Å². The number of amides is 1. The lowest BCUT2D eigenvalue weighted by molar-refractivity contribution is -0.128. The molecule has 1 amide bonds. The summed E-state index contributed by atoms with van der Waals surface area (Å²) in [6, 6.07) is 0. The van der Waals surface area contributed by atoms with Crippen LogP contribution in [-0.4, -0.2) is 30.6 Å². The van der Waals surface area contributed by atoms with Crippen LogP contribution in [0.5, 0.6) is 0 Å². The van der Waals surface area contributed by atoms with Crippen LogP contribution < -0.4 is 5.32 Å². The molecule has 0 saturated heterocycles. The molecule has 0 aromatic carbocycles. The van der Waals surface area contributed by atoms with Crippen LogP contribution in [0.15, 0.2) is 0 Å². The van der Waals surface area contributed by atoms with Gasteiger partial charge in [-0.1, -0.05) is 36.4 Å². The third kappa shape index (κ3) is 4.25. The van der Waals surface area contributed by atoms with Gasteiger partial charge in [0.05, 0.1) is 12.0 Å². The average molecular weight is 285 g/mol. The summed E-state index contributed by atoms with van der Waals surface area (Å²) in [4.78, 5) is 11.4. The molecule has 0 unspecified atom stereocenters. The molecule has 1 N–H and O–H groups in total. The lowest BCUT2D eigenvalue weighted by Gasteiger charge is -2.20. The number of rotatable bonds is 5. The average Bonchev–Trinajstić information content (AvgIpc) is 2.05. The third-order valence-corrected chi connectivity index (χ3v) is 3.45. The first kappa shape index (κ1) is 12.2. The van der Waals surface area contributed by atoms with Crippen LogP contribution in [0.25, 0.3) is 0 Å². The molecule has 3 nitrogen and oxygen atoms in total. The number of ether oxygens (including phenoxy) is 1. The normalized spacial score (nSPS) is 11.3. The summed E-state index contributed by atoms with van der Waals surface area (Å²) < 4.78 is 5.64. The van der Waals surface area contributed by atoms with Crippen molar-refractivity contribution in [2.24, 2.45) is 5.41 Å². The van der Waals surface area contributed by atoms with E-state index in [-0.39, 0.29) is 11.3 Å². The zero-order valence-corrected chi connectivity index (χ0v) is 9.97. The molecule has 0 fully saturated rings. The minimum absolute atomic E-state index is 0.0916. The van der Waals surface area contributed by atoms with E-state index in [9.17, 15) is 4.79 Å². The van der Waals surface area contributed by atoms with Gasteiger partial charge in [-0.15, -0.1) is 0 Å². The summed E-state index contributed by atoms with van der Waals surface area (Å²) in [5, 5.41) is 2.81. The fourth-order valence-corrected chi connectivity index (χ4v) is 0.913. The highest BCUT2D eigenvalue weighted by molar-refractivity contribution is 14.1. The van der Waals surface area contributed by atoms with Gasteiger partial charge in [0.1, 0.15) is 0 Å². The molecule has 0 aliphatic rings. The number of halogens is 1. The number of carbonyl (C=O) groups is 1. The largest absolute Gasteiger partial charge is 0.383 e. The predicted octanol–water partition coefficient (Wildman–Crippen LogP) is 1.21. The van der Waals surface area contributed by atoms with Crippen LogP contribution in [0.2, 0.25) is 0 Å². The first-order valence-corrected chi connectivity index (χ1v) is 5.40. The second kappa shape index (κ2) is 5.75. The molecule has 72 valence electrons. The highest BCUT2D eigenvalue weighted by Gasteiger charge is 2.25. The third-order valence-electron chi connectivity index (χ3n) is 1.54. The lowest BCUT2D eigenvalue weighted by atomic mass is 9.96. The van der Waals surface area contributed by atoms with Gasteiger partial charge in [0, 0.05) is 18.1 Å². The van der Waals surface area contributed by atoms with E-state index in [1.54, 1.807) is 7.11 Å². The summed E-state index contributed by atoms with van der Waals surface area (Å²) >= 11 is 2.21. The highest BCUT2D eigenvalue weighted by Crippen LogP contribution is 2.17. The van der Waals surface area contributed by atoms with Crippen molar-refractivity contribution >= 4 is 28.5 Å². The van der Waals surface area contributed by atoms with Crippen molar-refractivity contribution in [2.75, 3.05) is 24.7 Å². The monoisotopic (exact) mass is 285 g/mol. The van der Waals surface area contributed by atoms with Crippen LogP contribution in [0, 0.1) is 5.41 Å². The van der Waals surface area contributed by atoms with E-state index in [1.807, 2.05) is 13.8 Å². The van der Waals surface area contributed by atoms with E-state index < -0.39 is 0 Å². The Morgan fingerprint density at radius 2 is 2.17 bits per heavy atom. The van der Waals surface area contributed by atoms with Gasteiger partial charge in [-0.25, -0.2) is 0 Å². The molecule has 0 aromatic rings. The molecule has 0 bridgehead atoms. The van der Waals surface area contributed by atoms with E-state index in [4.69, 9.17) is 4.74 Å². The predicted molar refractivity (Wildman–Crippen MR) is 57.6 cm³/mol. The molecule has 12 heavy (non-hydrogen) atoms. The molecule has 0 saturated carbocycles. The summed E-state index contributed by atoms with van der Waals surface area (Å²) in [5.74, 6) is 0.0916. The smallest absolute Gasteiger partial charge is 0.226 e. The Labute approximate surface area is 87.4 Å². The summed E-state index contributed by atoms with van der Waals surface area (Å²) in [7, 11) is 1.62. The Morgan fingerprint density at radius 3 is 2.58 bits per heavy atom. The Hall–Kier alpha value is 0.160. The Kier molecular flexibility index (Phi) is 5.82. The van der Waals surface area contributed by atoms with Gasteiger partial charge in [0.25, 0.3) is 0 Å². The van der Waals surface area contributed by atoms with Crippen LogP contribution >= 0.6 is 22.6 Å². The molecule has 0 atom stereocenters. The van der Waals surface area contributed by atoms with Crippen molar-refractivity contribution < 1.29 is 9.53 Å². The Morgan fingerprint density at radius 1 is 1.58 bits per heavy atom. The molecule has 0 rings (SSSR count). The van der Waals surface area contributed by atoms with Crippen molar-refractivity contribution in [1.82, 2.24) is 5.32 Å². The van der Waals surface area contributed by atoms with Crippen LogP contribution in [-0.2, 0) is 9.53 Å². The molecule has 0 aromatic heterocycles. The van der Waals surface area contributed by atoms with Crippen molar-refractivity contribution in [3.63, 3.8) is 0 Å². The first-order valence-electron chi connectivity index (χ1n) is 3.88.